The molecule has 88 valence electrons. The first kappa shape index (κ1) is 12.3. The van der Waals surface area contributed by atoms with Gasteiger partial charge in [0.1, 0.15) is 5.82 Å². The van der Waals surface area contributed by atoms with Gasteiger partial charge in [0.05, 0.1) is 7.11 Å². The molecule has 5 heteroatoms. The molecule has 1 rings (SSSR count). The van der Waals surface area contributed by atoms with E-state index in [1.54, 1.807) is 12.1 Å². The second-order valence-electron chi connectivity index (χ2n) is 4.49. The summed E-state index contributed by atoms with van der Waals surface area (Å²) < 4.78 is 5.08. The van der Waals surface area contributed by atoms with Crippen molar-refractivity contribution in [3.05, 3.63) is 12.1 Å². The van der Waals surface area contributed by atoms with Gasteiger partial charge in [-0.25, -0.2) is 4.98 Å². The van der Waals surface area contributed by atoms with Crippen molar-refractivity contribution >= 4 is 17.5 Å². The molecule has 0 spiro atoms. The number of aromatic nitrogens is 1. The number of nitrogens with one attached hydrogen (secondary N) is 1. The topological polar surface area (TPSA) is 77.2 Å². The maximum absolute atomic E-state index is 11.8. The van der Waals surface area contributed by atoms with Crippen molar-refractivity contribution in [3.8, 4) is 5.75 Å². The van der Waals surface area contributed by atoms with Crippen LogP contribution in [0.3, 0.4) is 0 Å². The lowest BCUT2D eigenvalue weighted by Crippen LogP contribution is -2.28. The third kappa shape index (κ3) is 2.85. The molecule has 16 heavy (non-hydrogen) atoms. The molecule has 0 aliphatic carbocycles. The zero-order valence-corrected chi connectivity index (χ0v) is 10.00. The maximum atomic E-state index is 11.8. The van der Waals surface area contributed by atoms with Crippen LogP contribution in [-0.2, 0) is 4.79 Å². The SMILES string of the molecule is COc1ccc(N)nc1NC(=O)C(C)(C)C. The van der Waals surface area contributed by atoms with Gasteiger partial charge in [-0.1, -0.05) is 20.8 Å². The number of hydrogen-bond acceptors (Lipinski definition) is 4. The number of nitrogen functional groups attached to an aromatic ring is 1. The Kier molecular flexibility index (Phi) is 3.37. The Hall–Kier alpha value is -1.78. The molecule has 1 aromatic heterocycles. The van der Waals surface area contributed by atoms with Gasteiger partial charge in [0, 0.05) is 5.41 Å². The summed E-state index contributed by atoms with van der Waals surface area (Å²) in [6.45, 7) is 5.46. The van der Waals surface area contributed by atoms with Crippen LogP contribution in [0.4, 0.5) is 11.6 Å². The zero-order chi connectivity index (χ0) is 12.3. The Morgan fingerprint density at radius 3 is 2.56 bits per heavy atom. The Morgan fingerprint density at radius 2 is 2.06 bits per heavy atom. The molecular weight excluding hydrogens is 206 g/mol. The van der Waals surface area contributed by atoms with Crippen LogP contribution >= 0.6 is 0 Å². The number of carbonyl (C=O) groups is 1. The van der Waals surface area contributed by atoms with Crippen LogP contribution in [0.2, 0.25) is 0 Å². The minimum Gasteiger partial charge on any atom is -0.493 e. The second kappa shape index (κ2) is 4.38. The van der Waals surface area contributed by atoms with E-state index in [0.29, 0.717) is 17.4 Å². The molecular formula is C11H17N3O2. The van der Waals surface area contributed by atoms with Crippen molar-refractivity contribution in [2.75, 3.05) is 18.2 Å². The smallest absolute Gasteiger partial charge is 0.231 e. The van der Waals surface area contributed by atoms with E-state index < -0.39 is 5.41 Å². The second-order valence-corrected chi connectivity index (χ2v) is 4.49. The lowest BCUT2D eigenvalue weighted by Gasteiger charge is -2.18. The lowest BCUT2D eigenvalue weighted by atomic mass is 9.96. The first-order chi connectivity index (χ1) is 7.34. The molecule has 5 nitrogen and oxygen atoms in total. The highest BCUT2D eigenvalue weighted by molar-refractivity contribution is 5.94. The zero-order valence-electron chi connectivity index (χ0n) is 10.00. The molecule has 3 N–H and O–H groups in total. The predicted octanol–water partition coefficient (Wildman–Crippen LogP) is 1.66. The van der Waals surface area contributed by atoms with Gasteiger partial charge in [0.25, 0.3) is 0 Å². The van der Waals surface area contributed by atoms with Crippen molar-refractivity contribution in [2.45, 2.75) is 20.8 Å². The average Bonchev–Trinajstić information content (AvgIpc) is 2.16. The summed E-state index contributed by atoms with van der Waals surface area (Å²) in [7, 11) is 1.51. The molecule has 0 saturated carbocycles. The molecule has 0 fully saturated rings. The van der Waals surface area contributed by atoms with Crippen LogP contribution < -0.4 is 15.8 Å². The number of carbonyl (C=O) groups excluding carboxylic acids is 1. The maximum Gasteiger partial charge on any atom is 0.231 e. The van der Waals surface area contributed by atoms with E-state index >= 15 is 0 Å². The molecule has 0 aromatic carbocycles. The third-order valence-electron chi connectivity index (χ3n) is 2.01. The lowest BCUT2D eigenvalue weighted by molar-refractivity contribution is -0.123. The van der Waals surface area contributed by atoms with Crippen LogP contribution in [0.1, 0.15) is 20.8 Å². The molecule has 0 aliphatic rings. The standard InChI is InChI=1S/C11H17N3O2/c1-11(2,3)10(15)14-9-7(16-4)5-6-8(12)13-9/h5-6H,1-4H3,(H3,12,13,14,15). The number of amides is 1. The summed E-state index contributed by atoms with van der Waals surface area (Å²) in [6.07, 6.45) is 0. The molecule has 0 radical (unpaired) electrons. The normalized spacial score (nSPS) is 11.0. The van der Waals surface area contributed by atoms with E-state index in [4.69, 9.17) is 10.5 Å². The molecule has 0 atom stereocenters. The van der Waals surface area contributed by atoms with Crippen molar-refractivity contribution in [3.63, 3.8) is 0 Å². The molecule has 1 heterocycles. The Labute approximate surface area is 95.0 Å². The highest BCUT2D eigenvalue weighted by Gasteiger charge is 2.22. The van der Waals surface area contributed by atoms with Crippen LogP contribution in [0.15, 0.2) is 12.1 Å². The monoisotopic (exact) mass is 223 g/mol. The number of pyridine rings is 1. The molecule has 1 amide bonds. The number of rotatable bonds is 2. The van der Waals surface area contributed by atoms with Crippen LogP contribution in [0.5, 0.6) is 5.75 Å². The molecule has 0 aliphatic heterocycles. The summed E-state index contributed by atoms with van der Waals surface area (Å²) in [5.74, 6) is 1.04. The Bertz CT molecular complexity index is 397. The fraction of sp³-hybridized carbons (Fsp3) is 0.455. The van der Waals surface area contributed by atoms with Crippen molar-refractivity contribution in [1.29, 1.82) is 0 Å². The number of anilines is 2. The van der Waals surface area contributed by atoms with Gasteiger partial charge < -0.3 is 15.8 Å². The fourth-order valence-corrected chi connectivity index (χ4v) is 1.01. The summed E-state index contributed by atoms with van der Waals surface area (Å²) in [5, 5.41) is 2.69. The van der Waals surface area contributed by atoms with Crippen LogP contribution in [0, 0.1) is 5.41 Å². The predicted molar refractivity (Wildman–Crippen MR) is 63.3 cm³/mol. The highest BCUT2D eigenvalue weighted by atomic mass is 16.5. The van der Waals surface area contributed by atoms with Crippen molar-refractivity contribution < 1.29 is 9.53 Å². The number of methoxy groups -OCH3 is 1. The van der Waals surface area contributed by atoms with Crippen LogP contribution in [-0.4, -0.2) is 18.0 Å². The van der Waals surface area contributed by atoms with E-state index in [2.05, 4.69) is 10.3 Å². The molecule has 1 aromatic rings. The van der Waals surface area contributed by atoms with Gasteiger partial charge >= 0.3 is 0 Å². The first-order valence-corrected chi connectivity index (χ1v) is 4.96. The van der Waals surface area contributed by atoms with E-state index in [1.165, 1.54) is 7.11 Å². The first-order valence-electron chi connectivity index (χ1n) is 4.96. The minimum absolute atomic E-state index is 0.135. The summed E-state index contributed by atoms with van der Waals surface area (Å²) in [4.78, 5) is 15.8. The quantitative estimate of drug-likeness (QED) is 0.799. The fourth-order valence-electron chi connectivity index (χ4n) is 1.01. The number of hydrogen-bond donors (Lipinski definition) is 2. The summed E-state index contributed by atoms with van der Waals surface area (Å²) in [6, 6.07) is 3.28. The number of nitrogens with two attached hydrogens (primary N) is 1. The van der Waals surface area contributed by atoms with Gasteiger partial charge in [-0.15, -0.1) is 0 Å². The molecule has 0 bridgehead atoms. The van der Waals surface area contributed by atoms with E-state index in [1.807, 2.05) is 20.8 Å². The Morgan fingerprint density at radius 1 is 1.44 bits per heavy atom. The minimum atomic E-state index is -0.489. The van der Waals surface area contributed by atoms with Crippen molar-refractivity contribution in [1.82, 2.24) is 4.98 Å². The number of nitrogens with zero attached hydrogens (tertiary/aromatic N) is 1. The highest BCUT2D eigenvalue weighted by Crippen LogP contribution is 2.25. The molecule has 0 saturated heterocycles. The van der Waals surface area contributed by atoms with E-state index in [-0.39, 0.29) is 5.91 Å². The number of ether oxygens (including phenoxy) is 1. The Balaban J connectivity index is 2.96. The van der Waals surface area contributed by atoms with Crippen molar-refractivity contribution in [2.24, 2.45) is 5.41 Å². The van der Waals surface area contributed by atoms with E-state index in [9.17, 15) is 4.79 Å². The summed E-state index contributed by atoms with van der Waals surface area (Å²) in [5.41, 5.74) is 5.06. The van der Waals surface area contributed by atoms with Gasteiger partial charge in [-0.05, 0) is 12.1 Å². The van der Waals surface area contributed by atoms with Gasteiger partial charge in [0.2, 0.25) is 5.91 Å². The van der Waals surface area contributed by atoms with Gasteiger partial charge in [-0.2, -0.15) is 0 Å². The van der Waals surface area contributed by atoms with Gasteiger partial charge in [-0.3, -0.25) is 4.79 Å². The average molecular weight is 223 g/mol. The molecule has 0 unspecified atom stereocenters. The van der Waals surface area contributed by atoms with E-state index in [0.717, 1.165) is 0 Å². The third-order valence-corrected chi connectivity index (χ3v) is 2.01. The van der Waals surface area contributed by atoms with Gasteiger partial charge in [0.15, 0.2) is 11.6 Å². The van der Waals surface area contributed by atoms with Crippen LogP contribution in [0.25, 0.3) is 0 Å². The summed E-state index contributed by atoms with van der Waals surface area (Å²) >= 11 is 0. The largest absolute Gasteiger partial charge is 0.493 e.